The molecule has 0 aliphatic carbocycles. The number of nitrogens with zero attached hydrogens (tertiary/aromatic N) is 3. The van der Waals surface area contributed by atoms with E-state index in [4.69, 9.17) is 4.74 Å². The highest BCUT2D eigenvalue weighted by Crippen LogP contribution is 2.36. The Morgan fingerprint density at radius 1 is 0.708 bits per heavy atom. The van der Waals surface area contributed by atoms with E-state index in [1.807, 2.05) is 104 Å². The van der Waals surface area contributed by atoms with Gasteiger partial charge >= 0.3 is 5.97 Å². The summed E-state index contributed by atoms with van der Waals surface area (Å²) >= 11 is 0. The normalized spacial score (nSPS) is 14.3. The molecule has 0 N–H and O–H groups in total. The van der Waals surface area contributed by atoms with Gasteiger partial charge in [0.15, 0.2) is 0 Å². The van der Waals surface area contributed by atoms with Crippen molar-refractivity contribution in [2.24, 2.45) is 0 Å². The van der Waals surface area contributed by atoms with Gasteiger partial charge in [-0.1, -0.05) is 103 Å². The Labute approximate surface area is 285 Å². The van der Waals surface area contributed by atoms with E-state index < -0.39 is 17.9 Å². The van der Waals surface area contributed by atoms with Crippen LogP contribution in [0.2, 0.25) is 0 Å². The van der Waals surface area contributed by atoms with Crippen LogP contribution in [0, 0.1) is 0 Å². The van der Waals surface area contributed by atoms with Crippen LogP contribution in [0.5, 0.6) is 5.75 Å². The third kappa shape index (κ3) is 7.63. The van der Waals surface area contributed by atoms with Crippen molar-refractivity contribution < 1.29 is 17.9 Å². The van der Waals surface area contributed by atoms with E-state index >= 15 is 0 Å². The average Bonchev–Trinajstić information content (AvgIpc) is 3.11. The Morgan fingerprint density at radius 3 is 1.98 bits per heavy atom. The predicted octanol–water partition coefficient (Wildman–Crippen LogP) is 5.75. The lowest BCUT2D eigenvalue weighted by atomic mass is 10.1. The second-order valence-electron chi connectivity index (χ2n) is 12.2. The smallest absolute Gasteiger partial charge is 0.311 e. The van der Waals surface area contributed by atoms with Gasteiger partial charge in [-0.15, -0.1) is 0 Å². The van der Waals surface area contributed by atoms with E-state index in [9.17, 15) is 13.2 Å². The molecule has 0 atom stereocenters. The molecule has 0 saturated carbocycles. The van der Waals surface area contributed by atoms with Crippen molar-refractivity contribution >= 4 is 56.3 Å². The maximum absolute atomic E-state index is 13.7. The summed E-state index contributed by atoms with van der Waals surface area (Å²) in [5.74, 6) is 0.379. The standard InChI is InChI=1S/C39H42N3O4PS/c1-40(2)35-21-13-20-34-33(35)19-14-24-38(34)48(44,45)42-29-27-41(28-30-42)26-12-11-25-39(43)46-36-22-9-10-23-37(36)47(31-15-5-3-6-16-31)32-17-7-4-8-18-32/h3-10,13-24H,11-12,25-30H2,1-2H3. The number of sulfonamides is 1. The van der Waals surface area contributed by atoms with Crippen LogP contribution in [0.4, 0.5) is 5.69 Å². The molecule has 5 aromatic rings. The minimum Gasteiger partial charge on any atom is -0.426 e. The number of hydrogen-bond donors (Lipinski definition) is 0. The summed E-state index contributed by atoms with van der Waals surface area (Å²) in [4.78, 5) is 17.7. The number of unbranched alkanes of at least 4 members (excludes halogenated alkanes) is 1. The van der Waals surface area contributed by atoms with Crippen LogP contribution >= 0.6 is 7.92 Å². The lowest BCUT2D eigenvalue weighted by Gasteiger charge is -2.34. The van der Waals surface area contributed by atoms with Gasteiger partial charge in [-0.2, -0.15) is 4.31 Å². The van der Waals surface area contributed by atoms with Crippen LogP contribution in [-0.2, 0) is 14.8 Å². The van der Waals surface area contributed by atoms with Crippen LogP contribution in [0.25, 0.3) is 10.8 Å². The number of anilines is 1. The maximum atomic E-state index is 13.7. The van der Waals surface area contributed by atoms with E-state index in [2.05, 4.69) is 35.2 Å². The highest BCUT2D eigenvalue weighted by molar-refractivity contribution is 7.89. The zero-order chi connectivity index (χ0) is 33.5. The number of hydrogen-bond acceptors (Lipinski definition) is 6. The van der Waals surface area contributed by atoms with Crippen LogP contribution in [0.15, 0.2) is 126 Å². The zero-order valence-corrected chi connectivity index (χ0v) is 29.2. The number of esters is 1. The fourth-order valence-electron chi connectivity index (χ4n) is 6.30. The fourth-order valence-corrected chi connectivity index (χ4v) is 10.3. The SMILES string of the molecule is CN(C)c1cccc2c(S(=O)(=O)N3CCN(CCCCC(=O)Oc4ccccc4P(c4ccccc4)c4ccccc4)CC3)cccc12. The van der Waals surface area contributed by atoms with E-state index in [1.165, 1.54) is 10.6 Å². The largest absolute Gasteiger partial charge is 0.426 e. The lowest BCUT2D eigenvalue weighted by molar-refractivity contribution is -0.134. The van der Waals surface area contributed by atoms with Gasteiger partial charge in [-0.3, -0.25) is 4.79 Å². The Balaban J connectivity index is 1.02. The third-order valence-electron chi connectivity index (χ3n) is 8.75. The van der Waals surface area contributed by atoms with Crippen molar-refractivity contribution in [3.05, 3.63) is 121 Å². The number of piperazine rings is 1. The van der Waals surface area contributed by atoms with E-state index in [-0.39, 0.29) is 5.97 Å². The molecule has 1 aliphatic heterocycles. The summed E-state index contributed by atoms with van der Waals surface area (Å²) < 4.78 is 35.1. The summed E-state index contributed by atoms with van der Waals surface area (Å²) in [6.45, 7) is 3.01. The molecule has 0 spiro atoms. The first-order chi connectivity index (χ1) is 23.3. The Hall–Kier alpha value is -4.07. The molecule has 6 rings (SSSR count). The number of para-hydroxylation sites is 1. The number of rotatable bonds is 12. The summed E-state index contributed by atoms with van der Waals surface area (Å²) in [5.41, 5.74) is 0.992. The molecule has 5 aromatic carbocycles. The molecule has 0 radical (unpaired) electrons. The Morgan fingerprint density at radius 2 is 1.31 bits per heavy atom. The number of benzene rings is 5. The molecule has 1 saturated heterocycles. The van der Waals surface area contributed by atoms with Crippen molar-refractivity contribution in [2.75, 3.05) is 51.7 Å². The van der Waals surface area contributed by atoms with Crippen LogP contribution in [-0.4, -0.2) is 70.4 Å². The Kier molecular flexibility index (Phi) is 10.9. The van der Waals surface area contributed by atoms with Crippen molar-refractivity contribution in [3.8, 4) is 5.75 Å². The van der Waals surface area contributed by atoms with E-state index in [0.29, 0.717) is 49.7 Å². The first-order valence-corrected chi connectivity index (χ1v) is 19.2. The van der Waals surface area contributed by atoms with Crippen LogP contribution in [0.1, 0.15) is 19.3 Å². The molecular weight excluding hydrogens is 637 g/mol. The molecule has 248 valence electrons. The van der Waals surface area contributed by atoms with Crippen LogP contribution < -0.4 is 25.6 Å². The van der Waals surface area contributed by atoms with Gasteiger partial charge in [0.2, 0.25) is 10.0 Å². The number of carbonyl (C=O) groups excluding carboxylic acids is 1. The van der Waals surface area contributed by atoms with Crippen molar-refractivity contribution in [2.45, 2.75) is 24.2 Å². The Bertz CT molecular complexity index is 1910. The zero-order valence-electron chi connectivity index (χ0n) is 27.5. The van der Waals surface area contributed by atoms with E-state index in [1.54, 1.807) is 10.4 Å². The molecule has 0 unspecified atom stereocenters. The molecule has 1 fully saturated rings. The topological polar surface area (TPSA) is 70.2 Å². The van der Waals surface area contributed by atoms with Gasteiger partial charge in [0, 0.05) is 68.5 Å². The fraction of sp³-hybridized carbons (Fsp3) is 0.256. The second-order valence-corrected chi connectivity index (χ2v) is 16.3. The minimum atomic E-state index is -3.64. The first kappa shape index (κ1) is 33.8. The van der Waals surface area contributed by atoms with Gasteiger partial charge in [0.25, 0.3) is 0 Å². The molecule has 0 bridgehead atoms. The molecule has 0 amide bonds. The summed E-state index contributed by atoms with van der Waals surface area (Å²) in [7, 11) is -0.604. The highest BCUT2D eigenvalue weighted by atomic mass is 32.2. The molecule has 0 aromatic heterocycles. The van der Waals surface area contributed by atoms with Crippen LogP contribution in [0.3, 0.4) is 0 Å². The number of ether oxygens (including phenoxy) is 1. The molecule has 1 heterocycles. The first-order valence-electron chi connectivity index (χ1n) is 16.4. The molecular formula is C39H42N3O4PS. The van der Waals surface area contributed by atoms with Gasteiger partial charge in [-0.25, -0.2) is 8.42 Å². The highest BCUT2D eigenvalue weighted by Gasteiger charge is 2.30. The maximum Gasteiger partial charge on any atom is 0.311 e. The predicted molar refractivity (Wildman–Crippen MR) is 198 cm³/mol. The van der Waals surface area contributed by atoms with Gasteiger partial charge < -0.3 is 14.5 Å². The molecule has 9 heteroatoms. The number of fused-ring (bicyclic) bond motifs is 1. The van der Waals surface area contributed by atoms with Gasteiger partial charge in [-0.05, 0) is 56.1 Å². The van der Waals surface area contributed by atoms with Crippen molar-refractivity contribution in [3.63, 3.8) is 0 Å². The second kappa shape index (κ2) is 15.4. The molecule has 7 nitrogen and oxygen atoms in total. The average molecular weight is 680 g/mol. The summed E-state index contributed by atoms with van der Waals surface area (Å²) in [6, 6.07) is 40.0. The molecule has 48 heavy (non-hydrogen) atoms. The number of carbonyl (C=O) groups is 1. The van der Waals surface area contributed by atoms with Gasteiger partial charge in [0.1, 0.15) is 5.75 Å². The van der Waals surface area contributed by atoms with Crippen molar-refractivity contribution in [1.82, 2.24) is 9.21 Å². The third-order valence-corrected chi connectivity index (χ3v) is 13.2. The van der Waals surface area contributed by atoms with Gasteiger partial charge in [0.05, 0.1) is 4.90 Å². The quantitative estimate of drug-likeness (QED) is 0.0725. The summed E-state index contributed by atoms with van der Waals surface area (Å²) in [5, 5.41) is 5.10. The van der Waals surface area contributed by atoms with Crippen molar-refractivity contribution in [1.29, 1.82) is 0 Å². The monoisotopic (exact) mass is 679 g/mol. The summed E-state index contributed by atoms with van der Waals surface area (Å²) in [6.07, 6.45) is 1.87. The lowest BCUT2D eigenvalue weighted by Crippen LogP contribution is -2.48. The van der Waals surface area contributed by atoms with E-state index in [0.717, 1.165) is 34.7 Å². The minimum absolute atomic E-state index is 0.234. The molecule has 1 aliphatic rings.